The number of piperidine rings is 1. The number of likely N-dealkylation sites (tertiary alicyclic amines) is 1. The summed E-state index contributed by atoms with van der Waals surface area (Å²) in [4.78, 5) is 27.0. The highest BCUT2D eigenvalue weighted by molar-refractivity contribution is 5.91. The van der Waals surface area contributed by atoms with E-state index in [0.717, 1.165) is 38.0 Å². The number of rotatable bonds is 8. The number of nitrogens with zero attached hydrogens (tertiary/aromatic N) is 3. The number of amides is 1. The van der Waals surface area contributed by atoms with Crippen molar-refractivity contribution in [2.75, 3.05) is 27.2 Å². The Morgan fingerprint density at radius 2 is 2.00 bits per heavy atom. The van der Waals surface area contributed by atoms with E-state index in [2.05, 4.69) is 41.4 Å². The number of ether oxygens (including phenoxy) is 1. The normalized spacial score (nSPS) is 19.4. The lowest BCUT2D eigenvalue weighted by molar-refractivity contribution is 0.0884. The van der Waals surface area contributed by atoms with Gasteiger partial charge in [0, 0.05) is 25.2 Å². The molecule has 3 rings (SSSR count). The molecule has 1 aliphatic heterocycles. The molecule has 0 saturated carbocycles. The van der Waals surface area contributed by atoms with E-state index in [4.69, 9.17) is 4.74 Å². The SMILES string of the molecule is CCCCn1nc(C(=O)NCC2CCCN(C)C2c2ccc(OC)cc2)ccc1=O. The van der Waals surface area contributed by atoms with Gasteiger partial charge in [-0.3, -0.25) is 14.5 Å². The molecule has 7 nitrogen and oxygen atoms in total. The summed E-state index contributed by atoms with van der Waals surface area (Å²) in [5.74, 6) is 0.903. The van der Waals surface area contributed by atoms with E-state index in [1.54, 1.807) is 7.11 Å². The molecular formula is C23H32N4O3. The number of methoxy groups -OCH3 is 1. The van der Waals surface area contributed by atoms with Gasteiger partial charge in [-0.1, -0.05) is 25.5 Å². The summed E-state index contributed by atoms with van der Waals surface area (Å²) < 4.78 is 6.66. The highest BCUT2D eigenvalue weighted by Crippen LogP contribution is 2.35. The van der Waals surface area contributed by atoms with Crippen molar-refractivity contribution in [1.29, 1.82) is 0 Å². The van der Waals surface area contributed by atoms with Gasteiger partial charge in [-0.15, -0.1) is 0 Å². The summed E-state index contributed by atoms with van der Waals surface area (Å²) in [7, 11) is 3.80. The van der Waals surface area contributed by atoms with Crippen LogP contribution in [0.4, 0.5) is 0 Å². The van der Waals surface area contributed by atoms with Gasteiger partial charge in [-0.25, -0.2) is 4.68 Å². The zero-order chi connectivity index (χ0) is 21.5. The fourth-order valence-corrected chi connectivity index (χ4v) is 4.15. The van der Waals surface area contributed by atoms with Gasteiger partial charge in [0.1, 0.15) is 11.4 Å². The molecule has 1 N–H and O–H groups in total. The average molecular weight is 413 g/mol. The van der Waals surface area contributed by atoms with Crippen LogP contribution in [0.25, 0.3) is 0 Å². The number of carbonyl (C=O) groups is 1. The third kappa shape index (κ3) is 5.27. The van der Waals surface area contributed by atoms with Crippen molar-refractivity contribution in [2.24, 2.45) is 5.92 Å². The lowest BCUT2D eigenvalue weighted by Crippen LogP contribution is -2.42. The van der Waals surface area contributed by atoms with Gasteiger partial charge in [-0.2, -0.15) is 5.10 Å². The summed E-state index contributed by atoms with van der Waals surface area (Å²) >= 11 is 0. The average Bonchev–Trinajstić information content (AvgIpc) is 2.77. The molecule has 2 heterocycles. The Labute approximate surface area is 178 Å². The molecule has 2 atom stereocenters. The molecule has 2 unspecified atom stereocenters. The van der Waals surface area contributed by atoms with Gasteiger partial charge in [0.05, 0.1) is 7.11 Å². The summed E-state index contributed by atoms with van der Waals surface area (Å²) in [6, 6.07) is 11.3. The Hall–Kier alpha value is -2.67. The lowest BCUT2D eigenvalue weighted by atomic mass is 9.85. The van der Waals surface area contributed by atoms with E-state index >= 15 is 0 Å². The van der Waals surface area contributed by atoms with Gasteiger partial charge in [0.2, 0.25) is 0 Å². The molecule has 1 aliphatic rings. The zero-order valence-corrected chi connectivity index (χ0v) is 18.1. The van der Waals surface area contributed by atoms with Crippen LogP contribution in [-0.2, 0) is 6.54 Å². The van der Waals surface area contributed by atoms with E-state index in [1.165, 1.54) is 22.4 Å². The fourth-order valence-electron chi connectivity index (χ4n) is 4.15. The Balaban J connectivity index is 1.69. The molecule has 30 heavy (non-hydrogen) atoms. The van der Waals surface area contributed by atoms with Crippen molar-refractivity contribution in [1.82, 2.24) is 20.0 Å². The largest absolute Gasteiger partial charge is 0.497 e. The van der Waals surface area contributed by atoms with Crippen LogP contribution >= 0.6 is 0 Å². The summed E-state index contributed by atoms with van der Waals surface area (Å²) in [5, 5.41) is 7.30. The summed E-state index contributed by atoms with van der Waals surface area (Å²) in [6.45, 7) is 4.19. The number of aryl methyl sites for hydroxylation is 1. The first kappa shape index (κ1) is 22.0. The second-order valence-corrected chi connectivity index (χ2v) is 7.94. The summed E-state index contributed by atoms with van der Waals surface area (Å²) in [6.07, 6.45) is 3.97. The quantitative estimate of drug-likeness (QED) is 0.722. The van der Waals surface area contributed by atoms with Crippen molar-refractivity contribution in [2.45, 2.75) is 45.2 Å². The third-order valence-electron chi connectivity index (χ3n) is 5.81. The number of nitrogens with one attached hydrogen (secondary N) is 1. The molecule has 0 bridgehead atoms. The van der Waals surface area contributed by atoms with Crippen molar-refractivity contribution in [3.05, 3.63) is 58.0 Å². The van der Waals surface area contributed by atoms with E-state index in [1.807, 2.05) is 12.1 Å². The lowest BCUT2D eigenvalue weighted by Gasteiger charge is -2.39. The van der Waals surface area contributed by atoms with E-state index < -0.39 is 0 Å². The topological polar surface area (TPSA) is 76.5 Å². The van der Waals surface area contributed by atoms with Crippen LogP contribution < -0.4 is 15.6 Å². The number of aromatic nitrogens is 2. The van der Waals surface area contributed by atoms with Gasteiger partial charge in [-0.05, 0) is 62.5 Å². The van der Waals surface area contributed by atoms with Crippen LogP contribution in [0.5, 0.6) is 5.75 Å². The highest BCUT2D eigenvalue weighted by atomic mass is 16.5. The van der Waals surface area contributed by atoms with Crippen LogP contribution in [-0.4, -0.2) is 47.8 Å². The molecule has 1 saturated heterocycles. The van der Waals surface area contributed by atoms with Gasteiger partial charge in [0.25, 0.3) is 11.5 Å². The van der Waals surface area contributed by atoms with Crippen LogP contribution in [0.15, 0.2) is 41.2 Å². The van der Waals surface area contributed by atoms with Crippen LogP contribution in [0.3, 0.4) is 0 Å². The zero-order valence-electron chi connectivity index (χ0n) is 18.1. The molecule has 162 valence electrons. The maximum absolute atomic E-state index is 12.7. The molecule has 7 heteroatoms. The van der Waals surface area contributed by atoms with Crippen LogP contribution in [0.1, 0.15) is 54.7 Å². The van der Waals surface area contributed by atoms with Crippen LogP contribution in [0, 0.1) is 5.92 Å². The first-order valence-electron chi connectivity index (χ1n) is 10.7. The second kappa shape index (κ2) is 10.4. The fraction of sp³-hybridized carbons (Fsp3) is 0.522. The number of hydrogen-bond donors (Lipinski definition) is 1. The van der Waals surface area contributed by atoms with Crippen molar-refractivity contribution < 1.29 is 9.53 Å². The first-order chi connectivity index (χ1) is 14.5. The number of hydrogen-bond acceptors (Lipinski definition) is 5. The third-order valence-corrected chi connectivity index (χ3v) is 5.81. The van der Waals surface area contributed by atoms with Crippen LogP contribution in [0.2, 0.25) is 0 Å². The number of benzene rings is 1. The molecule has 1 aromatic carbocycles. The number of carbonyl (C=O) groups excluding carboxylic acids is 1. The first-order valence-corrected chi connectivity index (χ1v) is 10.7. The van der Waals surface area contributed by atoms with Gasteiger partial charge < -0.3 is 10.1 Å². The van der Waals surface area contributed by atoms with Crippen molar-refractivity contribution >= 4 is 5.91 Å². The van der Waals surface area contributed by atoms with Crippen molar-refractivity contribution in [3.8, 4) is 5.75 Å². The monoisotopic (exact) mass is 412 g/mol. The smallest absolute Gasteiger partial charge is 0.271 e. The molecule has 0 spiro atoms. The predicted molar refractivity (Wildman–Crippen MR) is 117 cm³/mol. The Bertz CT molecular complexity index is 894. The molecule has 1 fully saturated rings. The Kier molecular flexibility index (Phi) is 7.63. The minimum atomic E-state index is -0.234. The van der Waals surface area contributed by atoms with E-state index in [9.17, 15) is 9.59 Å². The highest BCUT2D eigenvalue weighted by Gasteiger charge is 2.31. The molecule has 1 aromatic heterocycles. The molecular weight excluding hydrogens is 380 g/mol. The molecule has 2 aromatic rings. The van der Waals surface area contributed by atoms with Gasteiger partial charge >= 0.3 is 0 Å². The van der Waals surface area contributed by atoms with E-state index in [-0.39, 0.29) is 23.2 Å². The minimum absolute atomic E-state index is 0.173. The van der Waals surface area contributed by atoms with Gasteiger partial charge in [0.15, 0.2) is 0 Å². The Morgan fingerprint density at radius 1 is 1.23 bits per heavy atom. The van der Waals surface area contributed by atoms with Crippen molar-refractivity contribution in [3.63, 3.8) is 0 Å². The minimum Gasteiger partial charge on any atom is -0.497 e. The molecule has 0 aliphatic carbocycles. The summed E-state index contributed by atoms with van der Waals surface area (Å²) in [5.41, 5.74) is 1.34. The maximum Gasteiger partial charge on any atom is 0.271 e. The molecule has 1 amide bonds. The number of unbranched alkanes of at least 4 members (excludes halogenated alkanes) is 1. The Morgan fingerprint density at radius 3 is 2.70 bits per heavy atom. The van der Waals surface area contributed by atoms with E-state index in [0.29, 0.717) is 19.0 Å². The molecule has 0 radical (unpaired) electrons. The standard InChI is InChI=1S/C23H32N4O3/c1-4-5-15-27-21(28)13-12-20(25-27)23(29)24-16-18-7-6-14-26(2)22(18)17-8-10-19(30-3)11-9-17/h8-13,18,22H,4-7,14-16H2,1-3H3,(H,24,29). The maximum atomic E-state index is 12.7. The second-order valence-electron chi connectivity index (χ2n) is 7.94. The predicted octanol–water partition coefficient (Wildman–Crippen LogP) is 2.86.